The van der Waals surface area contributed by atoms with Crippen LogP contribution in [0, 0.1) is 17.0 Å². The first-order chi connectivity index (χ1) is 17.2. The third kappa shape index (κ3) is 5.22. The molecule has 9 nitrogen and oxygen atoms in total. The van der Waals surface area contributed by atoms with Gasteiger partial charge in [-0.1, -0.05) is 23.2 Å². The van der Waals surface area contributed by atoms with Crippen molar-refractivity contribution in [3.63, 3.8) is 0 Å². The number of halogens is 1. The summed E-state index contributed by atoms with van der Waals surface area (Å²) in [5.74, 6) is -0.113. The highest BCUT2D eigenvalue weighted by Crippen LogP contribution is 2.35. The Bertz CT molecular complexity index is 1350. The summed E-state index contributed by atoms with van der Waals surface area (Å²) in [7, 11) is 3.90. The minimum atomic E-state index is -0.593. The molecule has 0 bridgehead atoms. The van der Waals surface area contributed by atoms with E-state index in [0.29, 0.717) is 66.3 Å². The molecule has 0 N–H and O–H groups in total. The standard InChI is InChI=1S/C26H30ClN5O4/c1-18-5-10-22-21(17-18)23(24(32(35)36)26(34)31(22)12-4-11-28(2)3)29-13-15-30(16-14-29)25(33)19-6-8-20(27)9-7-19/h5-10,17H,4,11-16H2,1-3H3. The number of carbonyl (C=O) groups excluding carboxylic acids is 1. The van der Waals surface area contributed by atoms with Crippen molar-refractivity contribution >= 4 is 39.8 Å². The maximum absolute atomic E-state index is 13.4. The van der Waals surface area contributed by atoms with Crippen LogP contribution in [0.15, 0.2) is 47.3 Å². The van der Waals surface area contributed by atoms with Gasteiger partial charge in [0.25, 0.3) is 5.91 Å². The number of carbonyl (C=O) groups is 1. The maximum Gasteiger partial charge on any atom is 0.357 e. The molecule has 190 valence electrons. The molecule has 0 atom stereocenters. The molecule has 1 aromatic heterocycles. The van der Waals surface area contributed by atoms with E-state index < -0.39 is 16.2 Å². The molecule has 1 fully saturated rings. The van der Waals surface area contributed by atoms with Gasteiger partial charge in [0.05, 0.1) is 10.4 Å². The van der Waals surface area contributed by atoms with Crippen LogP contribution < -0.4 is 10.5 Å². The number of nitrogens with zero attached hydrogens (tertiary/aromatic N) is 5. The van der Waals surface area contributed by atoms with Crippen LogP contribution in [0.1, 0.15) is 22.3 Å². The normalized spacial score (nSPS) is 14.0. The first-order valence-electron chi connectivity index (χ1n) is 11.9. The van der Waals surface area contributed by atoms with Gasteiger partial charge in [-0.25, -0.2) is 0 Å². The third-order valence-corrected chi connectivity index (χ3v) is 6.77. The molecule has 36 heavy (non-hydrogen) atoms. The smallest absolute Gasteiger partial charge is 0.357 e. The van der Waals surface area contributed by atoms with Gasteiger partial charge in [0.1, 0.15) is 5.69 Å². The van der Waals surface area contributed by atoms with E-state index in [-0.39, 0.29) is 5.91 Å². The summed E-state index contributed by atoms with van der Waals surface area (Å²) in [6.07, 6.45) is 0.692. The van der Waals surface area contributed by atoms with Crippen LogP contribution >= 0.6 is 11.6 Å². The van der Waals surface area contributed by atoms with Crippen molar-refractivity contribution in [3.8, 4) is 0 Å². The largest absolute Gasteiger partial charge is 0.362 e. The quantitative estimate of drug-likeness (QED) is 0.354. The predicted octanol–water partition coefficient (Wildman–Crippen LogP) is 3.79. The zero-order valence-electron chi connectivity index (χ0n) is 20.7. The molecule has 1 saturated heterocycles. The van der Waals surface area contributed by atoms with Crippen molar-refractivity contribution in [1.29, 1.82) is 0 Å². The lowest BCUT2D eigenvalue weighted by atomic mass is 10.1. The van der Waals surface area contributed by atoms with Gasteiger partial charge < -0.3 is 19.3 Å². The summed E-state index contributed by atoms with van der Waals surface area (Å²) in [6, 6.07) is 12.4. The molecular formula is C26H30ClN5O4. The molecule has 1 aliphatic heterocycles. The lowest BCUT2D eigenvalue weighted by Crippen LogP contribution is -2.49. The molecule has 0 radical (unpaired) electrons. The van der Waals surface area contributed by atoms with Gasteiger partial charge in [0.15, 0.2) is 0 Å². The van der Waals surface area contributed by atoms with Crippen molar-refractivity contribution in [2.24, 2.45) is 0 Å². The van der Waals surface area contributed by atoms with Crippen LogP contribution in [0.4, 0.5) is 11.4 Å². The molecule has 2 aromatic carbocycles. The van der Waals surface area contributed by atoms with Gasteiger partial charge >= 0.3 is 11.2 Å². The number of hydrogen-bond acceptors (Lipinski definition) is 6. The zero-order valence-corrected chi connectivity index (χ0v) is 21.5. The van der Waals surface area contributed by atoms with E-state index in [1.54, 1.807) is 29.2 Å². The van der Waals surface area contributed by atoms with Gasteiger partial charge in [0, 0.05) is 48.7 Å². The average Bonchev–Trinajstić information content (AvgIpc) is 2.84. The van der Waals surface area contributed by atoms with Crippen molar-refractivity contribution in [2.75, 3.05) is 51.7 Å². The molecule has 0 aliphatic carbocycles. The second-order valence-corrected chi connectivity index (χ2v) is 9.81. The van der Waals surface area contributed by atoms with Crippen molar-refractivity contribution in [3.05, 3.63) is 79.1 Å². The molecular weight excluding hydrogens is 482 g/mol. The van der Waals surface area contributed by atoms with Crippen LogP contribution in [0.5, 0.6) is 0 Å². The van der Waals surface area contributed by atoms with Crippen LogP contribution in [0.2, 0.25) is 5.02 Å². The van der Waals surface area contributed by atoms with Crippen LogP contribution in [-0.4, -0.2) is 72.0 Å². The van der Waals surface area contributed by atoms with E-state index in [9.17, 15) is 19.7 Å². The maximum atomic E-state index is 13.4. The van der Waals surface area contributed by atoms with Gasteiger partial charge in [-0.2, -0.15) is 0 Å². The number of nitro groups is 1. The topological polar surface area (TPSA) is 91.9 Å². The number of anilines is 1. The number of fused-ring (bicyclic) bond motifs is 1. The van der Waals surface area contributed by atoms with Crippen molar-refractivity contribution in [1.82, 2.24) is 14.4 Å². The Morgan fingerprint density at radius 3 is 2.36 bits per heavy atom. The summed E-state index contributed by atoms with van der Waals surface area (Å²) in [6.45, 7) is 4.62. The van der Waals surface area contributed by atoms with Crippen molar-refractivity contribution < 1.29 is 9.72 Å². The molecule has 0 spiro atoms. The first kappa shape index (κ1) is 25.7. The first-order valence-corrected chi connectivity index (χ1v) is 12.3. The molecule has 1 amide bonds. The van der Waals surface area contributed by atoms with E-state index in [1.807, 2.05) is 49.0 Å². The summed E-state index contributed by atoms with van der Waals surface area (Å²) in [4.78, 5) is 43.6. The van der Waals surface area contributed by atoms with E-state index in [2.05, 4.69) is 0 Å². The minimum Gasteiger partial charge on any atom is -0.362 e. The number of hydrogen-bond donors (Lipinski definition) is 0. The lowest BCUT2D eigenvalue weighted by molar-refractivity contribution is -0.385. The number of aromatic nitrogens is 1. The highest BCUT2D eigenvalue weighted by atomic mass is 35.5. The number of amides is 1. The van der Waals surface area contributed by atoms with Crippen molar-refractivity contribution in [2.45, 2.75) is 19.9 Å². The Hall–Kier alpha value is -3.43. The SMILES string of the molecule is Cc1ccc2c(c1)c(N1CCN(C(=O)c3ccc(Cl)cc3)CC1)c([N+](=O)[O-])c(=O)n2CCCN(C)C. The lowest BCUT2D eigenvalue weighted by Gasteiger charge is -2.36. The molecule has 1 aliphatic rings. The molecule has 0 saturated carbocycles. The highest BCUT2D eigenvalue weighted by Gasteiger charge is 2.32. The van der Waals surface area contributed by atoms with Crippen LogP contribution in [0.3, 0.4) is 0 Å². The van der Waals surface area contributed by atoms with E-state index in [1.165, 1.54) is 4.57 Å². The fourth-order valence-electron chi connectivity index (χ4n) is 4.70. The van der Waals surface area contributed by atoms with Crippen LogP contribution in [0.25, 0.3) is 10.9 Å². The van der Waals surface area contributed by atoms with E-state index in [0.717, 1.165) is 12.1 Å². The summed E-state index contributed by atoms with van der Waals surface area (Å²) < 4.78 is 1.53. The van der Waals surface area contributed by atoms with Gasteiger partial charge in [0.2, 0.25) is 0 Å². The second kappa shape index (κ2) is 10.7. The third-order valence-electron chi connectivity index (χ3n) is 6.51. The molecule has 2 heterocycles. The molecule has 0 unspecified atom stereocenters. The summed E-state index contributed by atoms with van der Waals surface area (Å²) in [5.41, 5.74) is 1.52. The summed E-state index contributed by atoms with van der Waals surface area (Å²) >= 11 is 5.94. The monoisotopic (exact) mass is 511 g/mol. The second-order valence-electron chi connectivity index (χ2n) is 9.37. The average molecular weight is 512 g/mol. The van der Waals surface area contributed by atoms with Gasteiger partial charge in [-0.3, -0.25) is 19.7 Å². The molecule has 3 aromatic rings. The Morgan fingerprint density at radius 2 is 1.75 bits per heavy atom. The highest BCUT2D eigenvalue weighted by molar-refractivity contribution is 6.30. The Morgan fingerprint density at radius 1 is 1.08 bits per heavy atom. The van der Waals surface area contributed by atoms with Crippen LogP contribution in [-0.2, 0) is 6.54 Å². The Kier molecular flexibility index (Phi) is 7.61. The Balaban J connectivity index is 1.69. The summed E-state index contributed by atoms with van der Waals surface area (Å²) in [5, 5.41) is 13.5. The zero-order chi connectivity index (χ0) is 26.0. The number of piperazine rings is 1. The number of aryl methyl sites for hydroxylation is 2. The molecule has 4 rings (SSSR count). The number of rotatable bonds is 7. The van der Waals surface area contributed by atoms with E-state index in [4.69, 9.17) is 11.6 Å². The fourth-order valence-corrected chi connectivity index (χ4v) is 4.83. The Labute approximate surface area is 214 Å². The van der Waals surface area contributed by atoms with E-state index >= 15 is 0 Å². The molecule has 10 heteroatoms. The minimum absolute atomic E-state index is 0.113. The van der Waals surface area contributed by atoms with Gasteiger partial charge in [-0.05, 0) is 70.4 Å². The number of pyridine rings is 1. The van der Waals surface area contributed by atoms with Gasteiger partial charge in [-0.15, -0.1) is 0 Å². The number of benzene rings is 2. The fraction of sp³-hybridized carbons (Fsp3) is 0.385. The predicted molar refractivity (Wildman–Crippen MR) is 142 cm³/mol.